The summed E-state index contributed by atoms with van der Waals surface area (Å²) in [7, 11) is 1.58. The second-order valence-electron chi connectivity index (χ2n) is 6.55. The van der Waals surface area contributed by atoms with Gasteiger partial charge in [-0.3, -0.25) is 4.79 Å². The summed E-state index contributed by atoms with van der Waals surface area (Å²) in [6.07, 6.45) is -4.40. The number of benzene rings is 3. The van der Waals surface area contributed by atoms with Crippen LogP contribution in [0.25, 0.3) is 33.5 Å². The normalized spacial score (nSPS) is 11.6. The summed E-state index contributed by atoms with van der Waals surface area (Å²) in [6, 6.07) is 18.2. The molecule has 0 spiro atoms. The number of carbonyl (C=O) groups is 1. The molecule has 0 aliphatic heterocycles. The molecule has 3 aromatic carbocycles. The number of aromatic amines is 1. The van der Waals surface area contributed by atoms with Crippen LogP contribution >= 0.6 is 0 Å². The Morgan fingerprint density at radius 3 is 2.07 bits per heavy atom. The first-order valence-corrected chi connectivity index (χ1v) is 8.85. The lowest BCUT2D eigenvalue weighted by atomic mass is 10.0. The molecule has 29 heavy (non-hydrogen) atoms. The predicted octanol–water partition coefficient (Wildman–Crippen LogP) is 5.28. The quantitative estimate of drug-likeness (QED) is 0.496. The molecule has 4 aromatic rings. The molecule has 0 fully saturated rings. The number of hydrogen-bond donors (Lipinski definition) is 2. The maximum atomic E-state index is 12.9. The van der Waals surface area contributed by atoms with Gasteiger partial charge < -0.3 is 10.3 Å². The molecule has 0 unspecified atom stereocenters. The molecule has 0 saturated carbocycles. The first-order chi connectivity index (χ1) is 13.8. The molecule has 0 saturated heterocycles. The van der Waals surface area contributed by atoms with E-state index in [4.69, 9.17) is 0 Å². The molecule has 1 amide bonds. The number of rotatable bonds is 3. The average Bonchev–Trinajstić information content (AvgIpc) is 3.16. The highest BCUT2D eigenvalue weighted by molar-refractivity contribution is 5.94. The van der Waals surface area contributed by atoms with Crippen molar-refractivity contribution >= 4 is 16.9 Å². The Balaban J connectivity index is 1.61. The van der Waals surface area contributed by atoms with Crippen molar-refractivity contribution < 1.29 is 18.0 Å². The van der Waals surface area contributed by atoms with Gasteiger partial charge in [-0.2, -0.15) is 13.2 Å². The van der Waals surface area contributed by atoms with E-state index in [1.807, 2.05) is 36.4 Å². The van der Waals surface area contributed by atoms with E-state index in [9.17, 15) is 18.0 Å². The summed E-state index contributed by atoms with van der Waals surface area (Å²) >= 11 is 0. The van der Waals surface area contributed by atoms with Gasteiger partial charge in [0.1, 0.15) is 5.82 Å². The minimum Gasteiger partial charge on any atom is -0.355 e. The predicted molar refractivity (Wildman–Crippen MR) is 105 cm³/mol. The molecular formula is C22H16F3N3O. The summed E-state index contributed by atoms with van der Waals surface area (Å²) in [4.78, 5) is 19.0. The largest absolute Gasteiger partial charge is 0.416 e. The van der Waals surface area contributed by atoms with Gasteiger partial charge in [0.15, 0.2) is 0 Å². The number of nitrogens with one attached hydrogen (secondary N) is 2. The number of nitrogens with zero attached hydrogens (tertiary/aromatic N) is 1. The van der Waals surface area contributed by atoms with Crippen LogP contribution < -0.4 is 5.32 Å². The van der Waals surface area contributed by atoms with Crippen molar-refractivity contribution in [3.63, 3.8) is 0 Å². The average molecular weight is 395 g/mol. The molecule has 1 aromatic heterocycles. The molecule has 4 nitrogen and oxygen atoms in total. The topological polar surface area (TPSA) is 57.8 Å². The zero-order chi connectivity index (χ0) is 20.6. The lowest BCUT2D eigenvalue weighted by Crippen LogP contribution is -2.17. The highest BCUT2D eigenvalue weighted by Gasteiger charge is 2.30. The molecule has 0 aliphatic carbocycles. The zero-order valence-electron chi connectivity index (χ0n) is 15.3. The minimum atomic E-state index is -4.40. The van der Waals surface area contributed by atoms with Gasteiger partial charge in [0.05, 0.1) is 16.6 Å². The second-order valence-corrected chi connectivity index (χ2v) is 6.55. The van der Waals surface area contributed by atoms with E-state index in [-0.39, 0.29) is 11.4 Å². The van der Waals surface area contributed by atoms with Crippen LogP contribution in [0.1, 0.15) is 15.9 Å². The van der Waals surface area contributed by atoms with Gasteiger partial charge in [0.2, 0.25) is 0 Å². The maximum Gasteiger partial charge on any atom is 0.416 e. The van der Waals surface area contributed by atoms with Gasteiger partial charge in [0, 0.05) is 18.2 Å². The molecule has 0 aliphatic rings. The summed E-state index contributed by atoms with van der Waals surface area (Å²) in [6.45, 7) is 0. The van der Waals surface area contributed by atoms with Gasteiger partial charge in [-0.25, -0.2) is 4.98 Å². The molecular weight excluding hydrogens is 379 g/mol. The smallest absolute Gasteiger partial charge is 0.355 e. The van der Waals surface area contributed by atoms with E-state index in [1.54, 1.807) is 19.2 Å². The van der Waals surface area contributed by atoms with Crippen LogP contribution in [0.3, 0.4) is 0 Å². The lowest BCUT2D eigenvalue weighted by molar-refractivity contribution is -0.137. The van der Waals surface area contributed by atoms with E-state index in [0.717, 1.165) is 28.8 Å². The number of alkyl halides is 3. The van der Waals surface area contributed by atoms with Crippen molar-refractivity contribution in [3.8, 4) is 22.5 Å². The zero-order valence-corrected chi connectivity index (χ0v) is 15.3. The Morgan fingerprint density at radius 1 is 0.897 bits per heavy atom. The SMILES string of the molecule is CNC(=O)c1ccc(-c2ccc(-c3nc4cc(C(F)(F)F)ccc4[nH]3)cc2)cc1. The van der Waals surface area contributed by atoms with Gasteiger partial charge in [0.25, 0.3) is 5.91 Å². The van der Waals surface area contributed by atoms with Crippen molar-refractivity contribution in [2.75, 3.05) is 7.05 Å². The maximum absolute atomic E-state index is 12.9. The number of carbonyl (C=O) groups excluding carboxylic acids is 1. The fourth-order valence-electron chi connectivity index (χ4n) is 3.10. The third kappa shape index (κ3) is 3.71. The Labute approximate surface area is 164 Å². The minimum absolute atomic E-state index is 0.148. The fraction of sp³-hybridized carbons (Fsp3) is 0.0909. The van der Waals surface area contributed by atoms with Crippen LogP contribution in [-0.2, 0) is 6.18 Å². The number of hydrogen-bond acceptors (Lipinski definition) is 2. The summed E-state index contributed by atoms with van der Waals surface area (Å²) in [5.74, 6) is 0.353. The van der Waals surface area contributed by atoms with Gasteiger partial charge >= 0.3 is 6.18 Å². The number of fused-ring (bicyclic) bond motifs is 1. The van der Waals surface area contributed by atoms with E-state index in [1.165, 1.54) is 6.07 Å². The Bertz CT molecular complexity index is 1180. The standard InChI is InChI=1S/C22H16F3N3O/c1-26-21(29)16-8-4-14(5-9-16)13-2-6-15(7-3-13)20-27-18-11-10-17(22(23,24)25)12-19(18)28-20/h2-12H,1H3,(H,26,29)(H,27,28). The number of H-pyrrole nitrogens is 1. The Hall–Kier alpha value is -3.61. The van der Waals surface area contributed by atoms with Crippen LogP contribution in [0.2, 0.25) is 0 Å². The fourth-order valence-corrected chi connectivity index (χ4v) is 3.10. The van der Waals surface area contributed by atoms with Crippen molar-refractivity contribution in [2.45, 2.75) is 6.18 Å². The third-order valence-electron chi connectivity index (χ3n) is 4.68. The van der Waals surface area contributed by atoms with E-state index in [2.05, 4.69) is 15.3 Å². The van der Waals surface area contributed by atoms with Crippen molar-refractivity contribution in [3.05, 3.63) is 77.9 Å². The summed E-state index contributed by atoms with van der Waals surface area (Å²) in [5.41, 5.74) is 3.33. The Morgan fingerprint density at radius 2 is 1.48 bits per heavy atom. The first-order valence-electron chi connectivity index (χ1n) is 8.85. The van der Waals surface area contributed by atoms with Gasteiger partial charge in [-0.15, -0.1) is 0 Å². The summed E-state index contributed by atoms with van der Waals surface area (Å²) < 4.78 is 38.6. The molecule has 1 heterocycles. The molecule has 2 N–H and O–H groups in total. The van der Waals surface area contributed by atoms with E-state index in [0.29, 0.717) is 16.9 Å². The molecule has 7 heteroatoms. The molecule has 4 rings (SSSR count). The highest BCUT2D eigenvalue weighted by Crippen LogP contribution is 2.32. The molecule has 0 radical (unpaired) electrons. The van der Waals surface area contributed by atoms with Crippen LogP contribution in [0, 0.1) is 0 Å². The third-order valence-corrected chi connectivity index (χ3v) is 4.68. The van der Waals surface area contributed by atoms with E-state index < -0.39 is 11.7 Å². The number of amides is 1. The first kappa shape index (κ1) is 18.7. The number of imidazole rings is 1. The Kier molecular flexibility index (Phi) is 4.58. The van der Waals surface area contributed by atoms with Crippen molar-refractivity contribution in [1.29, 1.82) is 0 Å². The van der Waals surface area contributed by atoms with Crippen molar-refractivity contribution in [2.24, 2.45) is 0 Å². The van der Waals surface area contributed by atoms with Gasteiger partial charge in [-0.1, -0.05) is 36.4 Å². The number of halogens is 3. The second kappa shape index (κ2) is 7.09. The van der Waals surface area contributed by atoms with Crippen LogP contribution in [0.5, 0.6) is 0 Å². The monoisotopic (exact) mass is 395 g/mol. The number of aromatic nitrogens is 2. The van der Waals surface area contributed by atoms with E-state index >= 15 is 0 Å². The molecule has 0 bridgehead atoms. The molecule has 146 valence electrons. The summed E-state index contributed by atoms with van der Waals surface area (Å²) in [5, 5.41) is 2.58. The highest BCUT2D eigenvalue weighted by atomic mass is 19.4. The lowest BCUT2D eigenvalue weighted by Gasteiger charge is -2.05. The van der Waals surface area contributed by atoms with Gasteiger partial charge in [-0.05, 0) is 41.5 Å². The van der Waals surface area contributed by atoms with Crippen LogP contribution in [0.4, 0.5) is 13.2 Å². The molecule has 0 atom stereocenters. The van der Waals surface area contributed by atoms with Crippen molar-refractivity contribution in [1.82, 2.24) is 15.3 Å². The van der Waals surface area contributed by atoms with Crippen LogP contribution in [0.15, 0.2) is 66.7 Å². The van der Waals surface area contributed by atoms with Crippen LogP contribution in [-0.4, -0.2) is 22.9 Å².